The van der Waals surface area contributed by atoms with Gasteiger partial charge in [0.25, 0.3) is 5.60 Å². The predicted molar refractivity (Wildman–Crippen MR) is 98.6 cm³/mol. The molecule has 0 aliphatic carbocycles. The van der Waals surface area contributed by atoms with Crippen molar-refractivity contribution in [3.8, 4) is 11.1 Å². The number of rotatable bonds is 3. The molecule has 11 heteroatoms. The van der Waals surface area contributed by atoms with Gasteiger partial charge in [-0.1, -0.05) is 6.07 Å². The number of aryl methyl sites for hydroxylation is 1. The van der Waals surface area contributed by atoms with E-state index < -0.39 is 23.5 Å². The second-order valence-electron chi connectivity index (χ2n) is 6.65. The summed E-state index contributed by atoms with van der Waals surface area (Å²) < 4.78 is 79.0. The number of fused-ring (bicyclic) bond motifs is 1. The van der Waals surface area contributed by atoms with E-state index in [-0.39, 0.29) is 5.56 Å². The second-order valence-corrected chi connectivity index (χ2v) is 6.65. The third-order valence-electron chi connectivity index (χ3n) is 4.93. The summed E-state index contributed by atoms with van der Waals surface area (Å²) in [5.41, 5.74) is -4.75. The summed E-state index contributed by atoms with van der Waals surface area (Å²) in [6.07, 6.45) is -8.37. The largest absolute Gasteiger partial charge is 0.430 e. The van der Waals surface area contributed by atoms with Crippen LogP contribution in [0.1, 0.15) is 17.5 Å². The van der Waals surface area contributed by atoms with Crippen molar-refractivity contribution < 1.29 is 31.4 Å². The Hall–Kier alpha value is -2.95. The van der Waals surface area contributed by atoms with Crippen molar-refractivity contribution in [2.75, 3.05) is 11.9 Å². The summed E-state index contributed by atoms with van der Waals surface area (Å²) in [5, 5.41) is 17.2. The van der Waals surface area contributed by atoms with Crippen molar-refractivity contribution in [2.45, 2.75) is 30.8 Å². The van der Waals surface area contributed by atoms with Crippen LogP contribution in [-0.4, -0.2) is 41.7 Å². The summed E-state index contributed by atoms with van der Waals surface area (Å²) in [4.78, 5) is 9.15. The molecule has 3 rings (SSSR count). The molecular weight excluding hydrogens is 414 g/mol. The van der Waals surface area contributed by atoms with Crippen LogP contribution in [0.25, 0.3) is 11.1 Å². The third-order valence-corrected chi connectivity index (χ3v) is 4.93. The lowest BCUT2D eigenvalue weighted by atomic mass is 9.90. The molecule has 0 saturated carbocycles. The lowest BCUT2D eigenvalue weighted by molar-refractivity contribution is -0.376. The first kappa shape index (κ1) is 21.8. The van der Waals surface area contributed by atoms with Gasteiger partial charge in [0, 0.05) is 37.0 Å². The smallest absolute Gasteiger partial charge is 0.369 e. The Kier molecular flexibility index (Phi) is 5.35. The van der Waals surface area contributed by atoms with Crippen molar-refractivity contribution in [3.63, 3.8) is 0 Å². The minimum atomic E-state index is -5.98. The Balaban J connectivity index is 2.09. The molecule has 2 heterocycles. The molecule has 5 nitrogen and oxygen atoms in total. The Labute approximate surface area is 167 Å². The van der Waals surface area contributed by atoms with E-state index in [1.807, 2.05) is 0 Å². The van der Waals surface area contributed by atoms with Gasteiger partial charge in [0.1, 0.15) is 5.84 Å². The average Bonchev–Trinajstić information content (AvgIpc) is 2.70. The van der Waals surface area contributed by atoms with Gasteiger partial charge >= 0.3 is 12.4 Å². The number of hydrogen-bond acceptors (Lipinski definition) is 4. The molecule has 1 aromatic carbocycles. The number of hydrogen-bond donors (Lipinski definition) is 2. The number of nitrogens with one attached hydrogen (secondary N) is 1. The highest BCUT2D eigenvalue weighted by molar-refractivity contribution is 6.12. The maximum atomic E-state index is 13.2. The summed E-state index contributed by atoms with van der Waals surface area (Å²) in [6, 6.07) is 5.34. The van der Waals surface area contributed by atoms with Crippen LogP contribution in [0.2, 0.25) is 0 Å². The molecule has 0 amide bonds. The maximum Gasteiger partial charge on any atom is 0.430 e. The van der Waals surface area contributed by atoms with Crippen LogP contribution in [0.4, 0.5) is 32.0 Å². The zero-order valence-electron chi connectivity index (χ0n) is 15.5. The Morgan fingerprint density at radius 2 is 1.70 bits per heavy atom. The van der Waals surface area contributed by atoms with E-state index in [1.54, 1.807) is 24.1 Å². The fourth-order valence-corrected chi connectivity index (χ4v) is 3.35. The van der Waals surface area contributed by atoms with Crippen LogP contribution in [-0.2, 0) is 12.0 Å². The third kappa shape index (κ3) is 3.42. The Morgan fingerprint density at radius 3 is 2.27 bits per heavy atom. The van der Waals surface area contributed by atoms with Crippen LogP contribution in [0, 0.1) is 5.41 Å². The van der Waals surface area contributed by atoms with Crippen molar-refractivity contribution in [3.05, 3.63) is 47.8 Å². The average molecular weight is 430 g/mol. The van der Waals surface area contributed by atoms with Gasteiger partial charge in [0.2, 0.25) is 0 Å². The highest BCUT2D eigenvalue weighted by Gasteiger charge is 2.71. The molecule has 0 unspecified atom stereocenters. The Bertz CT molecular complexity index is 985. The molecule has 160 valence electrons. The maximum absolute atomic E-state index is 13.2. The number of aliphatic imine (C=N–C) groups is 1. The molecule has 0 radical (unpaired) electrons. The minimum Gasteiger partial charge on any atom is -0.369 e. The zero-order valence-corrected chi connectivity index (χ0v) is 15.5. The van der Waals surface area contributed by atoms with Gasteiger partial charge in [-0.25, -0.2) is 0 Å². The van der Waals surface area contributed by atoms with Gasteiger partial charge in [0.15, 0.2) is 0 Å². The first-order chi connectivity index (χ1) is 13.9. The van der Waals surface area contributed by atoms with E-state index in [1.165, 1.54) is 6.07 Å². The Morgan fingerprint density at radius 1 is 1.03 bits per heavy atom. The number of amidine groups is 1. The van der Waals surface area contributed by atoms with Crippen molar-refractivity contribution >= 4 is 17.9 Å². The number of benzene rings is 1. The first-order valence-corrected chi connectivity index (χ1v) is 8.64. The predicted octanol–water partition coefficient (Wildman–Crippen LogP) is 4.45. The minimum absolute atomic E-state index is 0.0152. The first-order valence-electron chi connectivity index (χ1n) is 8.64. The monoisotopic (exact) mass is 430 g/mol. The number of aliphatic hydroxyl groups is 1. The van der Waals surface area contributed by atoms with Crippen LogP contribution < -0.4 is 4.90 Å². The molecule has 0 bridgehead atoms. The molecule has 1 aliphatic heterocycles. The molecule has 0 fully saturated rings. The van der Waals surface area contributed by atoms with Gasteiger partial charge in [0.05, 0.1) is 12.0 Å². The number of nitrogens with zero attached hydrogens (tertiary/aromatic N) is 3. The van der Waals surface area contributed by atoms with E-state index in [2.05, 4.69) is 9.98 Å². The lowest BCUT2D eigenvalue weighted by Crippen LogP contribution is -2.54. The van der Waals surface area contributed by atoms with Crippen LogP contribution in [0.15, 0.2) is 41.7 Å². The number of pyridine rings is 1. The molecule has 0 spiro atoms. The van der Waals surface area contributed by atoms with Crippen LogP contribution in [0.5, 0.6) is 0 Å². The van der Waals surface area contributed by atoms with E-state index >= 15 is 0 Å². The van der Waals surface area contributed by atoms with E-state index in [9.17, 15) is 31.4 Å². The quantitative estimate of drug-likeness (QED) is 0.429. The summed E-state index contributed by atoms with van der Waals surface area (Å²) in [5.74, 6) is 0.661. The SMILES string of the molecule is CN=C1CCc2cc(-c3cncc(C(O)(C(F)(F)F)C(F)(F)F)c3)ccc2N1C=N. The van der Waals surface area contributed by atoms with E-state index in [0.717, 1.165) is 18.1 Å². The number of aromatic nitrogens is 1. The molecule has 2 aromatic rings. The molecule has 30 heavy (non-hydrogen) atoms. The van der Waals surface area contributed by atoms with Gasteiger partial charge in [-0.15, -0.1) is 0 Å². The van der Waals surface area contributed by atoms with Gasteiger partial charge < -0.3 is 5.11 Å². The van der Waals surface area contributed by atoms with Crippen molar-refractivity contribution in [1.29, 1.82) is 5.41 Å². The van der Waals surface area contributed by atoms with Crippen LogP contribution >= 0.6 is 0 Å². The highest BCUT2D eigenvalue weighted by atomic mass is 19.4. The summed E-state index contributed by atoms with van der Waals surface area (Å²) in [7, 11) is 1.59. The number of alkyl halides is 6. The highest BCUT2D eigenvalue weighted by Crippen LogP contribution is 2.50. The lowest BCUT2D eigenvalue weighted by Gasteiger charge is -2.32. The fraction of sp³-hybridized carbons (Fsp3) is 0.316. The van der Waals surface area contributed by atoms with Gasteiger partial charge in [-0.05, 0) is 35.7 Å². The second kappa shape index (κ2) is 7.38. The van der Waals surface area contributed by atoms with E-state index in [0.29, 0.717) is 42.2 Å². The number of anilines is 1. The van der Waals surface area contributed by atoms with Gasteiger partial charge in [-0.3, -0.25) is 20.3 Å². The zero-order chi connectivity index (χ0) is 22.3. The van der Waals surface area contributed by atoms with E-state index in [4.69, 9.17) is 5.41 Å². The van der Waals surface area contributed by atoms with Gasteiger partial charge in [-0.2, -0.15) is 26.3 Å². The molecule has 2 N–H and O–H groups in total. The molecular formula is C19H16F6N4O. The molecule has 0 atom stereocenters. The molecule has 0 saturated heterocycles. The standard InChI is InChI=1S/C19H16F6N4O/c1-27-16-5-3-12-6-11(2-4-15(12)29(16)10-26)13-7-14(9-28-8-13)17(30,18(20,21)22)19(23,24)25/h2,4,6-10,26,30H,3,5H2,1H3. The number of halogens is 6. The normalized spacial score (nSPS) is 16.5. The molecule has 1 aliphatic rings. The topological polar surface area (TPSA) is 72.6 Å². The van der Waals surface area contributed by atoms with Crippen molar-refractivity contribution in [1.82, 2.24) is 4.98 Å². The summed E-state index contributed by atoms with van der Waals surface area (Å²) in [6.45, 7) is 0. The van der Waals surface area contributed by atoms with Crippen LogP contribution in [0.3, 0.4) is 0 Å². The summed E-state index contributed by atoms with van der Waals surface area (Å²) >= 11 is 0. The molecule has 1 aromatic heterocycles. The van der Waals surface area contributed by atoms with Crippen molar-refractivity contribution in [2.24, 2.45) is 4.99 Å². The fourth-order valence-electron chi connectivity index (χ4n) is 3.35.